The van der Waals surface area contributed by atoms with Gasteiger partial charge >= 0.3 is 0 Å². The highest BCUT2D eigenvalue weighted by Gasteiger charge is 2.07. The van der Waals surface area contributed by atoms with Crippen LogP contribution in [0.15, 0.2) is 30.5 Å². The zero-order chi connectivity index (χ0) is 12.3. The topological polar surface area (TPSA) is 36.4 Å². The van der Waals surface area contributed by atoms with Crippen molar-refractivity contribution < 1.29 is 9.50 Å². The molecule has 0 atom stereocenters. The van der Waals surface area contributed by atoms with Gasteiger partial charge in [0.2, 0.25) is 0 Å². The molecule has 0 saturated heterocycles. The minimum atomic E-state index is -0.230. The maximum absolute atomic E-state index is 13.0. The summed E-state index contributed by atoms with van der Waals surface area (Å²) >= 11 is 1.44. The van der Waals surface area contributed by atoms with E-state index < -0.39 is 0 Å². The Kier molecular flexibility index (Phi) is 3.71. The molecule has 1 aromatic carbocycles. The molecule has 2 aromatic rings. The highest BCUT2D eigenvalue weighted by atomic mass is 32.1. The quantitative estimate of drug-likeness (QED) is 0.907. The van der Waals surface area contributed by atoms with Crippen LogP contribution in [-0.2, 0) is 13.2 Å². The lowest BCUT2D eigenvalue weighted by molar-refractivity contribution is 0.285. The summed E-state index contributed by atoms with van der Waals surface area (Å²) in [5, 5.41) is 9.78. The molecule has 0 spiro atoms. The van der Waals surface area contributed by atoms with Crippen molar-refractivity contribution in [1.82, 2.24) is 4.98 Å². The molecule has 0 aliphatic carbocycles. The minimum Gasteiger partial charge on any atom is -0.391 e. The summed E-state index contributed by atoms with van der Waals surface area (Å²) in [6, 6.07) is 6.51. The first kappa shape index (κ1) is 12.0. The first-order chi connectivity index (χ1) is 8.19. The van der Waals surface area contributed by atoms with Gasteiger partial charge in [0.25, 0.3) is 0 Å². The smallest absolute Gasteiger partial charge is 0.185 e. The average Bonchev–Trinajstić information content (AvgIpc) is 2.77. The van der Waals surface area contributed by atoms with Crippen LogP contribution in [-0.4, -0.2) is 17.1 Å². The van der Waals surface area contributed by atoms with Crippen LogP contribution in [0.4, 0.5) is 9.52 Å². The molecule has 0 unspecified atom stereocenters. The monoisotopic (exact) mass is 252 g/mol. The molecule has 0 aliphatic heterocycles. The predicted molar refractivity (Wildman–Crippen MR) is 66.5 cm³/mol. The molecule has 3 nitrogen and oxygen atoms in total. The van der Waals surface area contributed by atoms with Gasteiger partial charge in [-0.25, -0.2) is 9.37 Å². The Labute approximate surface area is 103 Å². The van der Waals surface area contributed by atoms with E-state index in [0.29, 0.717) is 6.54 Å². The van der Waals surface area contributed by atoms with Gasteiger partial charge in [0.15, 0.2) is 5.13 Å². The molecule has 17 heavy (non-hydrogen) atoms. The van der Waals surface area contributed by atoms with Crippen LogP contribution in [0.1, 0.15) is 10.4 Å². The van der Waals surface area contributed by atoms with E-state index in [2.05, 4.69) is 4.98 Å². The minimum absolute atomic E-state index is 0.00543. The highest BCUT2D eigenvalue weighted by Crippen LogP contribution is 2.22. The number of thiazole rings is 1. The van der Waals surface area contributed by atoms with Crippen LogP contribution >= 0.6 is 11.3 Å². The molecule has 0 saturated carbocycles. The number of nitrogens with zero attached hydrogens (tertiary/aromatic N) is 2. The predicted octanol–water partition coefficient (Wildman–Crippen LogP) is 2.41. The SMILES string of the molecule is CN(Cc1cccc(F)c1)c1ncc(CO)s1. The molecule has 0 amide bonds. The van der Waals surface area contributed by atoms with E-state index >= 15 is 0 Å². The van der Waals surface area contributed by atoms with Crippen molar-refractivity contribution in [2.24, 2.45) is 0 Å². The van der Waals surface area contributed by atoms with E-state index in [0.717, 1.165) is 15.6 Å². The Hall–Kier alpha value is -1.46. The Bertz CT molecular complexity index is 501. The molecule has 0 bridgehead atoms. The van der Waals surface area contributed by atoms with Gasteiger partial charge < -0.3 is 10.0 Å². The van der Waals surface area contributed by atoms with Crippen molar-refractivity contribution in [3.63, 3.8) is 0 Å². The van der Waals surface area contributed by atoms with E-state index in [1.807, 2.05) is 18.0 Å². The molecule has 1 aromatic heterocycles. The van der Waals surface area contributed by atoms with Gasteiger partial charge in [0, 0.05) is 19.8 Å². The number of aromatic nitrogens is 1. The first-order valence-corrected chi connectivity index (χ1v) is 6.02. The van der Waals surface area contributed by atoms with Crippen molar-refractivity contribution in [2.75, 3.05) is 11.9 Å². The maximum Gasteiger partial charge on any atom is 0.185 e. The van der Waals surface area contributed by atoms with E-state index in [1.165, 1.54) is 23.5 Å². The normalized spacial score (nSPS) is 10.5. The van der Waals surface area contributed by atoms with Crippen molar-refractivity contribution in [3.8, 4) is 0 Å². The van der Waals surface area contributed by atoms with Gasteiger partial charge in [-0.1, -0.05) is 23.5 Å². The number of benzene rings is 1. The summed E-state index contributed by atoms with van der Waals surface area (Å²) in [6.45, 7) is 0.599. The summed E-state index contributed by atoms with van der Waals surface area (Å²) in [6.07, 6.45) is 1.65. The largest absolute Gasteiger partial charge is 0.391 e. The second-order valence-corrected chi connectivity index (χ2v) is 4.85. The van der Waals surface area contributed by atoms with Gasteiger partial charge in [0.05, 0.1) is 11.5 Å². The summed E-state index contributed by atoms with van der Waals surface area (Å²) in [5.41, 5.74) is 0.897. The summed E-state index contributed by atoms with van der Waals surface area (Å²) < 4.78 is 13.0. The Balaban J connectivity index is 2.08. The summed E-state index contributed by atoms with van der Waals surface area (Å²) in [5.74, 6) is -0.230. The molecule has 1 N–H and O–H groups in total. The number of rotatable bonds is 4. The van der Waals surface area contributed by atoms with Crippen molar-refractivity contribution in [2.45, 2.75) is 13.2 Å². The van der Waals surface area contributed by atoms with Gasteiger partial charge in [-0.3, -0.25) is 0 Å². The standard InChI is InChI=1S/C12H13FN2OS/c1-15(12-14-6-11(8-16)17-12)7-9-3-2-4-10(13)5-9/h2-6,16H,7-8H2,1H3. The molecule has 90 valence electrons. The second kappa shape index (κ2) is 5.25. The summed E-state index contributed by atoms with van der Waals surface area (Å²) in [7, 11) is 1.89. The van der Waals surface area contributed by atoms with Crippen molar-refractivity contribution in [1.29, 1.82) is 0 Å². The van der Waals surface area contributed by atoms with Crippen molar-refractivity contribution >= 4 is 16.5 Å². The third kappa shape index (κ3) is 3.01. The Morgan fingerprint density at radius 3 is 2.94 bits per heavy atom. The van der Waals surface area contributed by atoms with Crippen LogP contribution in [0, 0.1) is 5.82 Å². The lowest BCUT2D eigenvalue weighted by Gasteiger charge is -2.15. The molecular weight excluding hydrogens is 239 g/mol. The Morgan fingerprint density at radius 1 is 1.47 bits per heavy atom. The number of anilines is 1. The maximum atomic E-state index is 13.0. The van der Waals surface area contributed by atoms with Crippen molar-refractivity contribution in [3.05, 3.63) is 46.7 Å². The van der Waals surface area contributed by atoms with E-state index in [1.54, 1.807) is 12.3 Å². The van der Waals surface area contributed by atoms with Crippen LogP contribution in [0.2, 0.25) is 0 Å². The summed E-state index contributed by atoms with van der Waals surface area (Å²) in [4.78, 5) is 6.95. The van der Waals surface area contributed by atoms with Gasteiger partial charge in [-0.2, -0.15) is 0 Å². The molecule has 0 radical (unpaired) electrons. The third-order valence-electron chi connectivity index (χ3n) is 2.33. The fourth-order valence-electron chi connectivity index (χ4n) is 1.52. The number of hydrogen-bond acceptors (Lipinski definition) is 4. The number of hydrogen-bond donors (Lipinski definition) is 1. The van der Waals surface area contributed by atoms with Gasteiger partial charge in [0.1, 0.15) is 5.82 Å². The highest BCUT2D eigenvalue weighted by molar-refractivity contribution is 7.15. The molecule has 2 rings (SSSR count). The van der Waals surface area contributed by atoms with Crippen LogP contribution in [0.3, 0.4) is 0 Å². The zero-order valence-corrected chi connectivity index (χ0v) is 10.2. The van der Waals surface area contributed by atoms with Crippen LogP contribution in [0.25, 0.3) is 0 Å². The average molecular weight is 252 g/mol. The van der Waals surface area contributed by atoms with E-state index in [9.17, 15) is 4.39 Å². The fourth-order valence-corrected chi connectivity index (χ4v) is 2.25. The number of aliphatic hydroxyl groups excluding tert-OH is 1. The molecule has 0 aliphatic rings. The fraction of sp³-hybridized carbons (Fsp3) is 0.250. The first-order valence-electron chi connectivity index (χ1n) is 5.20. The zero-order valence-electron chi connectivity index (χ0n) is 9.43. The lowest BCUT2D eigenvalue weighted by Crippen LogP contribution is -2.15. The Morgan fingerprint density at radius 2 is 2.29 bits per heavy atom. The molecular formula is C12H13FN2OS. The second-order valence-electron chi connectivity index (χ2n) is 3.75. The number of halogens is 1. The van der Waals surface area contributed by atoms with Gasteiger partial charge in [-0.05, 0) is 17.7 Å². The van der Waals surface area contributed by atoms with Crippen LogP contribution < -0.4 is 4.90 Å². The third-order valence-corrected chi connectivity index (χ3v) is 3.43. The van der Waals surface area contributed by atoms with E-state index in [-0.39, 0.29) is 12.4 Å². The molecule has 5 heteroatoms. The van der Waals surface area contributed by atoms with E-state index in [4.69, 9.17) is 5.11 Å². The molecule has 0 fully saturated rings. The van der Waals surface area contributed by atoms with Crippen LogP contribution in [0.5, 0.6) is 0 Å². The number of aliphatic hydroxyl groups is 1. The van der Waals surface area contributed by atoms with Gasteiger partial charge in [-0.15, -0.1) is 0 Å². The lowest BCUT2D eigenvalue weighted by atomic mass is 10.2. The molecule has 1 heterocycles.